The number of ether oxygens (including phenoxy) is 3. The number of benzene rings is 4. The van der Waals surface area contributed by atoms with E-state index in [1.807, 2.05) is 66.7 Å². The maximum absolute atomic E-state index is 13.4. The predicted molar refractivity (Wildman–Crippen MR) is 169 cm³/mol. The number of hydrogen-bond acceptors (Lipinski definition) is 7. The predicted octanol–water partition coefficient (Wildman–Crippen LogP) is 5.54. The molecule has 0 bridgehead atoms. The van der Waals surface area contributed by atoms with Crippen molar-refractivity contribution < 1.29 is 23.8 Å². The van der Waals surface area contributed by atoms with Crippen LogP contribution in [0.3, 0.4) is 0 Å². The van der Waals surface area contributed by atoms with Crippen LogP contribution in [0.2, 0.25) is 0 Å². The molecule has 0 atom stereocenters. The van der Waals surface area contributed by atoms with Gasteiger partial charge >= 0.3 is 0 Å². The van der Waals surface area contributed by atoms with Gasteiger partial charge in [0.25, 0.3) is 11.8 Å². The molecule has 10 heteroatoms. The highest BCUT2D eigenvalue weighted by molar-refractivity contribution is 7.80. The molecule has 1 aromatic heterocycles. The summed E-state index contributed by atoms with van der Waals surface area (Å²) >= 11 is 5.26. The molecule has 9 nitrogen and oxygen atoms in total. The smallest absolute Gasteiger partial charge is 0.270 e. The molecule has 0 aliphatic rings. The minimum Gasteiger partial charge on any atom is -0.493 e. The molecule has 0 fully saturated rings. The van der Waals surface area contributed by atoms with Crippen molar-refractivity contribution in [3.05, 3.63) is 108 Å². The molecule has 5 rings (SSSR count). The number of thiocarbonyl (C=S) groups is 1. The van der Waals surface area contributed by atoms with Gasteiger partial charge in [-0.3, -0.25) is 25.8 Å². The number of para-hydroxylation sites is 1. The SMILES string of the molecule is COc1cc(C(=O)NC(=S)NNC(=O)c2cc(-c3ccc(-c4ccccc4)cc3)nc3ccccc23)cc(OC)c1OC. The molecule has 0 unspecified atom stereocenters. The van der Waals surface area contributed by atoms with Crippen molar-refractivity contribution in [2.24, 2.45) is 0 Å². The highest BCUT2D eigenvalue weighted by atomic mass is 32.1. The summed E-state index contributed by atoms with van der Waals surface area (Å²) in [7, 11) is 4.38. The van der Waals surface area contributed by atoms with Gasteiger partial charge in [0.1, 0.15) is 0 Å². The number of amides is 2. The lowest BCUT2D eigenvalue weighted by molar-refractivity contribution is 0.0936. The zero-order valence-corrected chi connectivity index (χ0v) is 24.5. The number of hydrogen-bond donors (Lipinski definition) is 3. The average Bonchev–Trinajstić information content (AvgIpc) is 3.06. The number of methoxy groups -OCH3 is 3. The molecule has 4 aromatic carbocycles. The lowest BCUT2D eigenvalue weighted by atomic mass is 10.0. The van der Waals surface area contributed by atoms with E-state index in [1.165, 1.54) is 33.5 Å². The second-order valence-corrected chi connectivity index (χ2v) is 9.70. The molecule has 0 radical (unpaired) electrons. The van der Waals surface area contributed by atoms with E-state index < -0.39 is 11.8 Å². The summed E-state index contributed by atoms with van der Waals surface area (Å²) in [5.41, 5.74) is 10.1. The minimum atomic E-state index is -0.540. The van der Waals surface area contributed by atoms with Crippen molar-refractivity contribution in [3.63, 3.8) is 0 Å². The van der Waals surface area contributed by atoms with E-state index >= 15 is 0 Å². The molecular weight excluding hydrogens is 564 g/mol. The Morgan fingerprint density at radius 1 is 0.674 bits per heavy atom. The fraction of sp³-hybridized carbons (Fsp3) is 0.0909. The maximum Gasteiger partial charge on any atom is 0.270 e. The molecule has 43 heavy (non-hydrogen) atoms. The van der Waals surface area contributed by atoms with Crippen LogP contribution >= 0.6 is 12.2 Å². The first-order chi connectivity index (χ1) is 20.9. The van der Waals surface area contributed by atoms with E-state index in [4.69, 9.17) is 31.4 Å². The number of carbonyl (C=O) groups excluding carboxylic acids is 2. The summed E-state index contributed by atoms with van der Waals surface area (Å²) in [6, 6.07) is 30.2. The number of rotatable bonds is 7. The van der Waals surface area contributed by atoms with Crippen LogP contribution in [0.1, 0.15) is 20.7 Å². The van der Waals surface area contributed by atoms with Crippen molar-refractivity contribution >= 4 is 40.0 Å². The maximum atomic E-state index is 13.4. The van der Waals surface area contributed by atoms with E-state index in [0.29, 0.717) is 39.4 Å². The molecular formula is C33H28N4O5S. The Kier molecular flexibility index (Phi) is 8.78. The highest BCUT2D eigenvalue weighted by Crippen LogP contribution is 2.38. The fourth-order valence-electron chi connectivity index (χ4n) is 4.57. The van der Waals surface area contributed by atoms with Crippen LogP contribution in [0, 0.1) is 0 Å². The first-order valence-electron chi connectivity index (χ1n) is 13.2. The molecule has 2 amide bonds. The summed E-state index contributed by atoms with van der Waals surface area (Å²) in [4.78, 5) is 31.0. The average molecular weight is 593 g/mol. The van der Waals surface area contributed by atoms with Crippen molar-refractivity contribution in [2.75, 3.05) is 21.3 Å². The topological polar surface area (TPSA) is 111 Å². The van der Waals surface area contributed by atoms with Crippen molar-refractivity contribution in [3.8, 4) is 39.6 Å². The van der Waals surface area contributed by atoms with Gasteiger partial charge < -0.3 is 14.2 Å². The number of fused-ring (bicyclic) bond motifs is 1. The van der Waals surface area contributed by atoms with Gasteiger partial charge in [-0.05, 0) is 47.6 Å². The van der Waals surface area contributed by atoms with E-state index in [0.717, 1.165) is 16.7 Å². The lowest BCUT2D eigenvalue weighted by Crippen LogP contribution is -2.48. The van der Waals surface area contributed by atoms with E-state index in [1.54, 1.807) is 6.07 Å². The van der Waals surface area contributed by atoms with Crippen molar-refractivity contribution in [1.29, 1.82) is 0 Å². The highest BCUT2D eigenvalue weighted by Gasteiger charge is 2.19. The Bertz CT molecular complexity index is 1790. The van der Waals surface area contributed by atoms with Gasteiger partial charge in [0, 0.05) is 16.5 Å². The number of nitrogens with one attached hydrogen (secondary N) is 3. The Hall–Kier alpha value is -5.48. The summed E-state index contributed by atoms with van der Waals surface area (Å²) < 4.78 is 15.9. The van der Waals surface area contributed by atoms with E-state index in [2.05, 4.69) is 28.3 Å². The van der Waals surface area contributed by atoms with Crippen LogP contribution in [0.5, 0.6) is 17.2 Å². The van der Waals surface area contributed by atoms with Gasteiger partial charge in [-0.25, -0.2) is 4.98 Å². The Labute approximate surface area is 253 Å². The minimum absolute atomic E-state index is 0.109. The molecule has 0 aliphatic carbocycles. The van der Waals surface area contributed by atoms with E-state index in [-0.39, 0.29) is 10.7 Å². The van der Waals surface area contributed by atoms with Gasteiger partial charge in [0.05, 0.1) is 38.1 Å². The van der Waals surface area contributed by atoms with Gasteiger partial charge in [-0.2, -0.15) is 0 Å². The third-order valence-electron chi connectivity index (χ3n) is 6.69. The zero-order valence-electron chi connectivity index (χ0n) is 23.6. The number of aromatic nitrogens is 1. The molecule has 3 N–H and O–H groups in total. The standard InChI is InChI=1S/C33H28N4O5S/c1-40-28-17-23(18-29(41-2)30(28)42-3)31(38)35-33(43)37-36-32(39)25-19-27(34-26-12-8-7-11-24(25)26)22-15-13-21(14-16-22)20-9-5-4-6-10-20/h4-19H,1-3H3,(H,36,39)(H2,35,37,38,43). The number of pyridine rings is 1. The third kappa shape index (κ3) is 6.39. The third-order valence-corrected chi connectivity index (χ3v) is 6.90. The van der Waals surface area contributed by atoms with Crippen LogP contribution in [0.15, 0.2) is 97.1 Å². The van der Waals surface area contributed by atoms with Crippen LogP contribution in [0.4, 0.5) is 0 Å². The zero-order chi connectivity index (χ0) is 30.3. The quantitative estimate of drug-likeness (QED) is 0.167. The first-order valence-corrected chi connectivity index (χ1v) is 13.6. The van der Waals surface area contributed by atoms with Crippen LogP contribution < -0.4 is 30.4 Å². The normalized spacial score (nSPS) is 10.5. The van der Waals surface area contributed by atoms with Gasteiger partial charge in [-0.15, -0.1) is 0 Å². The van der Waals surface area contributed by atoms with Crippen LogP contribution in [-0.4, -0.2) is 43.2 Å². The largest absolute Gasteiger partial charge is 0.493 e. The second-order valence-electron chi connectivity index (χ2n) is 9.29. The van der Waals surface area contributed by atoms with E-state index in [9.17, 15) is 9.59 Å². The summed E-state index contributed by atoms with van der Waals surface area (Å²) in [5.74, 6) is -0.0131. The number of nitrogens with zero attached hydrogens (tertiary/aromatic N) is 1. The fourth-order valence-corrected chi connectivity index (χ4v) is 4.72. The van der Waals surface area contributed by atoms with Crippen LogP contribution in [0.25, 0.3) is 33.3 Å². The van der Waals surface area contributed by atoms with Gasteiger partial charge in [0.2, 0.25) is 5.75 Å². The van der Waals surface area contributed by atoms with Crippen molar-refractivity contribution in [2.45, 2.75) is 0 Å². The van der Waals surface area contributed by atoms with Gasteiger partial charge in [0.15, 0.2) is 16.6 Å². The number of hydrazine groups is 1. The number of carbonyl (C=O) groups is 2. The molecule has 216 valence electrons. The molecule has 0 saturated carbocycles. The monoisotopic (exact) mass is 592 g/mol. The Morgan fingerprint density at radius 3 is 1.93 bits per heavy atom. The molecule has 0 aliphatic heterocycles. The molecule has 5 aromatic rings. The molecule has 1 heterocycles. The summed E-state index contributed by atoms with van der Waals surface area (Å²) in [6.45, 7) is 0. The van der Waals surface area contributed by atoms with Crippen molar-refractivity contribution in [1.82, 2.24) is 21.2 Å². The second kappa shape index (κ2) is 13.0. The molecule has 0 spiro atoms. The summed E-state index contributed by atoms with van der Waals surface area (Å²) in [6.07, 6.45) is 0. The summed E-state index contributed by atoms with van der Waals surface area (Å²) in [5, 5.41) is 3.10. The Balaban J connectivity index is 1.32. The Morgan fingerprint density at radius 2 is 1.28 bits per heavy atom. The van der Waals surface area contributed by atoms with Crippen LogP contribution in [-0.2, 0) is 0 Å². The lowest BCUT2D eigenvalue weighted by Gasteiger charge is -2.15. The van der Waals surface area contributed by atoms with Gasteiger partial charge in [-0.1, -0.05) is 72.8 Å². The first kappa shape index (κ1) is 29.0. The molecule has 0 saturated heterocycles.